The van der Waals surface area contributed by atoms with Crippen molar-refractivity contribution in [3.8, 4) is 0 Å². The lowest BCUT2D eigenvalue weighted by molar-refractivity contribution is 0.551. The van der Waals surface area contributed by atoms with Crippen LogP contribution in [0, 0.1) is 13.8 Å². The molecule has 2 N–H and O–H groups in total. The Labute approximate surface area is 164 Å². The summed E-state index contributed by atoms with van der Waals surface area (Å²) in [7, 11) is -1.82. The number of hydrogen-bond donors (Lipinski definition) is 2. The number of anilines is 1. The third kappa shape index (κ3) is 3.53. The fourth-order valence-corrected chi connectivity index (χ4v) is 4.62. The summed E-state index contributed by atoms with van der Waals surface area (Å²) in [6, 6.07) is 12.0. The number of pyridine rings is 1. The van der Waals surface area contributed by atoms with Gasteiger partial charge in [0.05, 0.1) is 16.3 Å². The summed E-state index contributed by atoms with van der Waals surface area (Å²) in [5.74, 6) is 0.686. The van der Waals surface area contributed by atoms with Crippen molar-refractivity contribution in [3.05, 3.63) is 65.1 Å². The number of rotatable bonds is 4. The molecule has 1 aromatic carbocycles. The van der Waals surface area contributed by atoms with Crippen LogP contribution in [0.2, 0.25) is 0 Å². The summed E-state index contributed by atoms with van der Waals surface area (Å²) in [5.41, 5.74) is 4.52. The standard InChI is InChI=1S/C20H23N5O2S/c1-13-20(14(2)25(3)23-13)24-28(26,27)18-8-9-19(21-12-18)22-17-10-15-6-4-5-7-16(15)11-17/h4-9,12,17H,10-11H2,1-3H3,(H,21,22)(H,24,26,27). The van der Waals surface area contributed by atoms with Crippen molar-refractivity contribution < 1.29 is 8.76 Å². The second-order valence-electron chi connectivity index (χ2n) is 7.13. The monoisotopic (exact) mass is 397 g/mol. The first-order valence-corrected chi connectivity index (χ1v) is 10.6. The normalized spacial score (nSPS) is 15.9. The fourth-order valence-electron chi connectivity index (χ4n) is 3.56. The minimum atomic E-state index is -3.60. The van der Waals surface area contributed by atoms with E-state index in [-0.39, 0.29) is 10.9 Å². The lowest BCUT2D eigenvalue weighted by Crippen LogP contribution is -2.20. The van der Waals surface area contributed by atoms with E-state index in [1.807, 2.05) is 6.92 Å². The number of benzene rings is 1. The third-order valence-corrected chi connectivity index (χ3v) is 6.42. The largest absolute Gasteiger partial charge is 0.367 e. The molecule has 0 bridgehead atoms. The summed E-state index contributed by atoms with van der Waals surface area (Å²) < 4.78 is 28.9. The molecule has 0 aliphatic heterocycles. The molecule has 2 heterocycles. The molecule has 2 aromatic heterocycles. The molecule has 3 aromatic rings. The van der Waals surface area contributed by atoms with Crippen molar-refractivity contribution in [1.82, 2.24) is 14.8 Å². The molecule has 0 spiro atoms. The lowest BCUT2D eigenvalue weighted by atomic mass is 10.1. The van der Waals surface area contributed by atoms with Crippen LogP contribution in [0.3, 0.4) is 0 Å². The highest BCUT2D eigenvalue weighted by atomic mass is 32.2. The van der Waals surface area contributed by atoms with Gasteiger partial charge >= 0.3 is 0 Å². The maximum Gasteiger partial charge on any atom is 0.197 e. The number of aryl methyl sites for hydroxylation is 2. The Morgan fingerprint density at radius 2 is 1.86 bits per heavy atom. The van der Waals surface area contributed by atoms with Gasteiger partial charge in [0.15, 0.2) is 10.0 Å². The molecule has 1 aliphatic rings. The predicted octanol–water partition coefficient (Wildman–Crippen LogP) is 3.64. The fraction of sp³-hybridized carbons (Fsp3) is 0.300. The zero-order chi connectivity index (χ0) is 19.9. The van der Waals surface area contributed by atoms with E-state index in [0.717, 1.165) is 18.5 Å². The molecule has 28 heavy (non-hydrogen) atoms. The van der Waals surface area contributed by atoms with Gasteiger partial charge in [-0.15, -0.1) is 0 Å². The number of aromatic nitrogens is 3. The third-order valence-electron chi connectivity index (χ3n) is 5.13. The number of nitrogens with one attached hydrogen (secondary N) is 1. The van der Waals surface area contributed by atoms with Crippen molar-refractivity contribution >= 4 is 21.5 Å². The average molecular weight is 398 g/mol. The first-order valence-electron chi connectivity index (χ1n) is 9.12. The summed E-state index contributed by atoms with van der Waals surface area (Å²) >= 11 is 0. The highest BCUT2D eigenvalue weighted by Gasteiger charge is 2.21. The van der Waals surface area contributed by atoms with Gasteiger partial charge in [-0.1, -0.05) is 24.3 Å². The SMILES string of the molecule is Cc1nn(C)c(C)c1N=S(=O)(O)c1ccc(NC2Cc3ccccc3C2)nc1. The van der Waals surface area contributed by atoms with Gasteiger partial charge < -0.3 is 5.32 Å². The van der Waals surface area contributed by atoms with E-state index in [1.165, 1.54) is 17.3 Å². The molecule has 7 nitrogen and oxygen atoms in total. The second-order valence-corrected chi connectivity index (χ2v) is 8.78. The van der Waals surface area contributed by atoms with E-state index in [9.17, 15) is 8.76 Å². The highest BCUT2D eigenvalue weighted by molar-refractivity contribution is 7.88. The van der Waals surface area contributed by atoms with Gasteiger partial charge in [-0.3, -0.25) is 9.23 Å². The Morgan fingerprint density at radius 3 is 2.39 bits per heavy atom. The van der Waals surface area contributed by atoms with Crippen molar-refractivity contribution in [2.75, 3.05) is 5.32 Å². The van der Waals surface area contributed by atoms with E-state index in [0.29, 0.717) is 17.2 Å². The summed E-state index contributed by atoms with van der Waals surface area (Å²) in [5, 5.41) is 7.65. The Morgan fingerprint density at radius 1 is 1.18 bits per heavy atom. The van der Waals surface area contributed by atoms with E-state index >= 15 is 0 Å². The lowest BCUT2D eigenvalue weighted by Gasteiger charge is -2.13. The molecule has 4 rings (SSSR count). The molecular weight excluding hydrogens is 374 g/mol. The average Bonchev–Trinajstić information content (AvgIpc) is 3.17. The summed E-state index contributed by atoms with van der Waals surface area (Å²) in [6.45, 7) is 3.59. The van der Waals surface area contributed by atoms with Gasteiger partial charge in [0.2, 0.25) is 0 Å². The summed E-state index contributed by atoms with van der Waals surface area (Å²) in [6.07, 6.45) is 3.31. The zero-order valence-corrected chi connectivity index (χ0v) is 16.9. The molecule has 1 atom stereocenters. The molecule has 8 heteroatoms. The first kappa shape index (κ1) is 18.6. The Hall–Kier alpha value is -2.71. The van der Waals surface area contributed by atoms with Crippen LogP contribution < -0.4 is 5.32 Å². The highest BCUT2D eigenvalue weighted by Crippen LogP contribution is 2.27. The van der Waals surface area contributed by atoms with E-state index < -0.39 is 10.0 Å². The zero-order valence-electron chi connectivity index (χ0n) is 16.1. The van der Waals surface area contributed by atoms with Gasteiger partial charge in [0, 0.05) is 19.3 Å². The quantitative estimate of drug-likeness (QED) is 0.701. The number of hydrogen-bond acceptors (Lipinski definition) is 5. The van der Waals surface area contributed by atoms with Gasteiger partial charge in [-0.25, -0.2) is 9.19 Å². The number of fused-ring (bicyclic) bond motifs is 1. The maximum absolute atomic E-state index is 12.8. The Bertz CT molecular complexity index is 1120. The maximum atomic E-state index is 12.8. The van der Waals surface area contributed by atoms with Gasteiger partial charge in [-0.2, -0.15) is 9.46 Å². The van der Waals surface area contributed by atoms with Gasteiger partial charge in [0.1, 0.15) is 11.5 Å². The number of nitrogens with zero attached hydrogens (tertiary/aromatic N) is 4. The van der Waals surface area contributed by atoms with Crippen LogP contribution >= 0.6 is 0 Å². The Kier molecular flexibility index (Phi) is 4.68. The van der Waals surface area contributed by atoms with Crippen molar-refractivity contribution in [1.29, 1.82) is 0 Å². The molecule has 0 saturated heterocycles. The molecule has 0 radical (unpaired) electrons. The van der Waals surface area contributed by atoms with E-state index in [1.54, 1.807) is 30.8 Å². The van der Waals surface area contributed by atoms with Crippen molar-refractivity contribution in [3.63, 3.8) is 0 Å². The topological polar surface area (TPSA) is 92.4 Å². The molecule has 0 saturated carbocycles. The first-order chi connectivity index (χ1) is 13.3. The molecule has 1 unspecified atom stereocenters. The minimum Gasteiger partial charge on any atom is -0.367 e. The van der Waals surface area contributed by atoms with Crippen molar-refractivity contribution in [2.45, 2.75) is 37.6 Å². The summed E-state index contributed by atoms with van der Waals surface area (Å²) in [4.78, 5) is 4.51. The van der Waals surface area contributed by atoms with Crippen LogP contribution in [-0.4, -0.2) is 29.6 Å². The van der Waals surface area contributed by atoms with E-state index in [2.05, 4.69) is 44.0 Å². The Balaban J connectivity index is 1.53. The minimum absolute atomic E-state index is 0.176. The van der Waals surface area contributed by atoms with Gasteiger partial charge in [-0.05, 0) is 49.9 Å². The molecule has 146 valence electrons. The van der Waals surface area contributed by atoms with Gasteiger partial charge in [0.25, 0.3) is 0 Å². The van der Waals surface area contributed by atoms with Crippen molar-refractivity contribution in [2.24, 2.45) is 11.4 Å². The smallest absolute Gasteiger partial charge is 0.197 e. The molecule has 0 amide bonds. The van der Waals surface area contributed by atoms with Crippen LogP contribution in [-0.2, 0) is 29.9 Å². The second kappa shape index (κ2) is 7.03. The molecule has 0 fully saturated rings. The van der Waals surface area contributed by atoms with Crippen LogP contribution in [0.15, 0.2) is 51.9 Å². The van der Waals surface area contributed by atoms with Crippen LogP contribution in [0.5, 0.6) is 0 Å². The van der Waals surface area contributed by atoms with E-state index in [4.69, 9.17) is 0 Å². The predicted molar refractivity (Wildman–Crippen MR) is 109 cm³/mol. The van der Waals surface area contributed by atoms with Crippen LogP contribution in [0.4, 0.5) is 11.5 Å². The molecule has 1 aliphatic carbocycles. The van der Waals surface area contributed by atoms with Crippen LogP contribution in [0.1, 0.15) is 22.5 Å². The molecular formula is C20H23N5O2S. The van der Waals surface area contributed by atoms with Crippen LogP contribution in [0.25, 0.3) is 0 Å².